The molecule has 2 aromatic carbocycles. The summed E-state index contributed by atoms with van der Waals surface area (Å²) in [5.74, 6) is 0.381. The van der Waals surface area contributed by atoms with Crippen LogP contribution in [0.5, 0.6) is 5.75 Å². The van der Waals surface area contributed by atoms with E-state index in [1.807, 2.05) is 58.0 Å². The van der Waals surface area contributed by atoms with Crippen LogP contribution in [-0.2, 0) is 10.3 Å². The fraction of sp³-hybridized carbons (Fsp3) is 0.400. The molecule has 1 atom stereocenters. The second-order valence-electron chi connectivity index (χ2n) is 11.1. The molecule has 2 aliphatic rings. The van der Waals surface area contributed by atoms with Gasteiger partial charge in [0.25, 0.3) is 5.91 Å². The van der Waals surface area contributed by atoms with E-state index in [0.717, 1.165) is 41.3 Å². The Morgan fingerprint density at radius 2 is 2.00 bits per heavy atom. The number of likely N-dealkylation sites (tertiary alicyclic amines) is 1. The molecule has 1 aromatic heterocycles. The van der Waals surface area contributed by atoms with Crippen LogP contribution in [0, 0.1) is 18.3 Å². The quantitative estimate of drug-likeness (QED) is 0.485. The number of hydrogen-bond donors (Lipinski definition) is 1. The Kier molecular flexibility index (Phi) is 6.47. The number of carbonyl (C=O) groups excluding carboxylic acids is 2. The van der Waals surface area contributed by atoms with Gasteiger partial charge in [-0.15, -0.1) is 0 Å². The molecule has 0 radical (unpaired) electrons. The maximum Gasteiger partial charge on any atom is 0.410 e. The van der Waals surface area contributed by atoms with Crippen molar-refractivity contribution in [2.75, 3.05) is 13.2 Å². The van der Waals surface area contributed by atoms with Crippen LogP contribution in [0.25, 0.3) is 10.9 Å². The maximum absolute atomic E-state index is 13.5. The lowest BCUT2D eigenvalue weighted by atomic mass is 9.96. The number of nitrogens with one attached hydrogen (secondary N) is 1. The van der Waals surface area contributed by atoms with Crippen LogP contribution in [0.2, 0.25) is 0 Å². The van der Waals surface area contributed by atoms with Crippen LogP contribution < -0.4 is 10.1 Å². The Balaban J connectivity index is 1.30. The van der Waals surface area contributed by atoms with E-state index < -0.39 is 11.1 Å². The molecule has 8 heteroatoms. The molecule has 1 N–H and O–H groups in total. The van der Waals surface area contributed by atoms with Crippen LogP contribution in [0.15, 0.2) is 48.7 Å². The summed E-state index contributed by atoms with van der Waals surface area (Å²) in [6.45, 7) is 8.41. The normalized spacial score (nSPS) is 17.8. The van der Waals surface area contributed by atoms with Gasteiger partial charge >= 0.3 is 6.09 Å². The van der Waals surface area contributed by atoms with Gasteiger partial charge in [-0.2, -0.15) is 5.26 Å². The minimum atomic E-state index is -0.547. The fourth-order valence-corrected chi connectivity index (χ4v) is 4.82. The number of amides is 2. The molecular weight excluding hydrogens is 480 g/mol. The molecule has 0 spiro atoms. The highest BCUT2D eigenvalue weighted by Crippen LogP contribution is 2.48. The SMILES string of the molecule is Cc1ccc(OC[C@@H]2CCN2C(=O)OC(C)(C)C)cc1C(=O)NC1(c2cc(C#N)cc3ncccc23)CC1. The van der Waals surface area contributed by atoms with Crippen molar-refractivity contribution in [2.45, 2.75) is 64.1 Å². The van der Waals surface area contributed by atoms with Gasteiger partial charge in [-0.05, 0) is 88.4 Å². The molecule has 0 unspecified atom stereocenters. The summed E-state index contributed by atoms with van der Waals surface area (Å²) in [4.78, 5) is 32.0. The van der Waals surface area contributed by atoms with Crippen molar-refractivity contribution >= 4 is 22.9 Å². The lowest BCUT2D eigenvalue weighted by Crippen LogP contribution is -2.55. The van der Waals surface area contributed by atoms with E-state index in [0.29, 0.717) is 30.0 Å². The minimum absolute atomic E-state index is 0.0625. The fourth-order valence-electron chi connectivity index (χ4n) is 4.82. The minimum Gasteiger partial charge on any atom is -0.491 e. The van der Waals surface area contributed by atoms with Crippen LogP contribution in [-0.4, -0.2) is 46.7 Å². The van der Waals surface area contributed by atoms with Gasteiger partial charge < -0.3 is 19.7 Å². The lowest BCUT2D eigenvalue weighted by Gasteiger charge is -2.41. The van der Waals surface area contributed by atoms with Gasteiger partial charge in [0.2, 0.25) is 0 Å². The zero-order chi connectivity index (χ0) is 27.1. The van der Waals surface area contributed by atoms with Crippen molar-refractivity contribution in [1.82, 2.24) is 15.2 Å². The summed E-state index contributed by atoms with van der Waals surface area (Å²) in [6, 6.07) is 15.1. The highest BCUT2D eigenvalue weighted by Gasteiger charge is 2.47. The van der Waals surface area contributed by atoms with Gasteiger partial charge in [-0.25, -0.2) is 4.79 Å². The predicted molar refractivity (Wildman–Crippen MR) is 143 cm³/mol. The van der Waals surface area contributed by atoms with Gasteiger partial charge in [0.15, 0.2) is 0 Å². The summed E-state index contributed by atoms with van der Waals surface area (Å²) in [5.41, 5.74) is 2.47. The molecule has 38 heavy (non-hydrogen) atoms. The molecule has 1 aliphatic carbocycles. The third-order valence-electron chi connectivity index (χ3n) is 7.14. The number of carbonyl (C=O) groups is 2. The number of aromatic nitrogens is 1. The van der Waals surface area contributed by atoms with Crippen molar-refractivity contribution < 1.29 is 19.1 Å². The number of hydrogen-bond acceptors (Lipinski definition) is 6. The first-order valence-corrected chi connectivity index (χ1v) is 12.9. The Labute approximate surface area is 222 Å². The first-order valence-electron chi connectivity index (χ1n) is 12.9. The molecule has 196 valence electrons. The summed E-state index contributed by atoms with van der Waals surface area (Å²) in [6.07, 6.45) is 3.78. The average molecular weight is 513 g/mol. The largest absolute Gasteiger partial charge is 0.491 e. The second kappa shape index (κ2) is 9.64. The standard InChI is InChI=1S/C30H32N4O4/c1-19-7-8-22(37-18-21-9-13-34(21)28(36)38-29(2,3)4)16-24(19)27(35)33-30(10-11-30)25-14-20(17-31)15-26-23(25)6-5-12-32-26/h5-8,12,14-16,21H,9-11,13,18H2,1-4H3,(H,33,35)/t21-/m0/s1. The zero-order valence-corrected chi connectivity index (χ0v) is 22.2. The number of aryl methyl sites for hydroxylation is 1. The second-order valence-corrected chi connectivity index (χ2v) is 11.1. The first kappa shape index (κ1) is 25.5. The molecule has 2 amide bonds. The van der Waals surface area contributed by atoms with E-state index in [2.05, 4.69) is 16.4 Å². The van der Waals surface area contributed by atoms with Gasteiger partial charge in [-0.3, -0.25) is 9.78 Å². The van der Waals surface area contributed by atoms with Crippen LogP contribution >= 0.6 is 0 Å². The maximum atomic E-state index is 13.5. The summed E-state index contributed by atoms with van der Waals surface area (Å²) in [7, 11) is 0. The smallest absolute Gasteiger partial charge is 0.410 e. The van der Waals surface area contributed by atoms with E-state index in [9.17, 15) is 14.9 Å². The van der Waals surface area contributed by atoms with Crippen molar-refractivity contribution in [3.63, 3.8) is 0 Å². The zero-order valence-electron chi connectivity index (χ0n) is 22.2. The Bertz CT molecular complexity index is 1450. The molecule has 1 saturated heterocycles. The number of nitriles is 1. The molecule has 0 bridgehead atoms. The van der Waals surface area contributed by atoms with Crippen molar-refractivity contribution in [3.05, 3.63) is 70.9 Å². The van der Waals surface area contributed by atoms with Gasteiger partial charge in [-0.1, -0.05) is 12.1 Å². The molecule has 1 aliphatic heterocycles. The summed E-state index contributed by atoms with van der Waals surface area (Å²) < 4.78 is 11.5. The molecule has 8 nitrogen and oxygen atoms in total. The van der Waals surface area contributed by atoms with Gasteiger partial charge in [0, 0.05) is 23.7 Å². The van der Waals surface area contributed by atoms with Crippen LogP contribution in [0.4, 0.5) is 4.79 Å². The van der Waals surface area contributed by atoms with Crippen molar-refractivity contribution in [1.29, 1.82) is 5.26 Å². The summed E-state index contributed by atoms with van der Waals surface area (Å²) >= 11 is 0. The number of nitrogens with zero attached hydrogens (tertiary/aromatic N) is 3. The van der Waals surface area contributed by atoms with E-state index in [1.54, 1.807) is 23.2 Å². The Morgan fingerprint density at radius 3 is 2.66 bits per heavy atom. The molecule has 2 fully saturated rings. The third-order valence-corrected chi connectivity index (χ3v) is 7.14. The monoisotopic (exact) mass is 512 g/mol. The lowest BCUT2D eigenvalue weighted by molar-refractivity contribution is -0.0141. The van der Waals surface area contributed by atoms with Crippen LogP contribution in [0.3, 0.4) is 0 Å². The number of pyridine rings is 1. The van der Waals surface area contributed by atoms with E-state index in [1.165, 1.54) is 0 Å². The van der Waals surface area contributed by atoms with Crippen molar-refractivity contribution in [3.8, 4) is 11.8 Å². The first-order chi connectivity index (χ1) is 18.1. The molecule has 3 aromatic rings. The predicted octanol–water partition coefficient (Wildman–Crippen LogP) is 5.22. The number of fused-ring (bicyclic) bond motifs is 1. The molecular formula is C30H32N4O4. The van der Waals surface area contributed by atoms with E-state index >= 15 is 0 Å². The van der Waals surface area contributed by atoms with E-state index in [4.69, 9.17) is 9.47 Å². The average Bonchev–Trinajstić information content (AvgIpc) is 3.62. The van der Waals surface area contributed by atoms with Gasteiger partial charge in [0.05, 0.1) is 28.7 Å². The van der Waals surface area contributed by atoms with Crippen LogP contribution in [0.1, 0.15) is 67.1 Å². The molecule has 1 saturated carbocycles. The highest BCUT2D eigenvalue weighted by molar-refractivity contribution is 5.97. The summed E-state index contributed by atoms with van der Waals surface area (Å²) in [5, 5.41) is 13.7. The van der Waals surface area contributed by atoms with Gasteiger partial charge in [0.1, 0.15) is 18.0 Å². The van der Waals surface area contributed by atoms with E-state index in [-0.39, 0.29) is 18.0 Å². The van der Waals surface area contributed by atoms with Crippen molar-refractivity contribution in [2.24, 2.45) is 0 Å². The number of benzene rings is 2. The topological polar surface area (TPSA) is 105 Å². The number of ether oxygens (including phenoxy) is 2. The highest BCUT2D eigenvalue weighted by atomic mass is 16.6. The Morgan fingerprint density at radius 1 is 1.21 bits per heavy atom. The Hall–Kier alpha value is -4.12. The molecule has 5 rings (SSSR count). The number of rotatable bonds is 6. The third kappa shape index (κ3) is 5.14. The molecule has 2 heterocycles.